The summed E-state index contributed by atoms with van der Waals surface area (Å²) < 4.78 is 29.0. The number of rotatable bonds is 4. The van der Waals surface area contributed by atoms with Gasteiger partial charge in [-0.2, -0.15) is 0 Å². The zero-order valence-corrected chi connectivity index (χ0v) is 20.1. The number of hydrogen-bond donors (Lipinski definition) is 1. The lowest BCUT2D eigenvalue weighted by atomic mass is 10.0. The molecule has 0 bridgehead atoms. The summed E-state index contributed by atoms with van der Waals surface area (Å²) in [6, 6.07) is 10.5. The number of aromatic nitrogens is 2. The molecule has 0 spiro atoms. The van der Waals surface area contributed by atoms with Crippen LogP contribution in [0.4, 0.5) is 19.3 Å². The van der Waals surface area contributed by atoms with E-state index in [9.17, 15) is 28.0 Å². The van der Waals surface area contributed by atoms with Gasteiger partial charge in [-0.15, -0.1) is 0 Å². The molecule has 1 fully saturated rings. The molecule has 0 saturated carbocycles. The van der Waals surface area contributed by atoms with Crippen molar-refractivity contribution in [3.8, 4) is 11.1 Å². The van der Waals surface area contributed by atoms with E-state index in [4.69, 9.17) is 0 Å². The highest BCUT2D eigenvalue weighted by Gasteiger charge is 2.32. The van der Waals surface area contributed by atoms with Crippen LogP contribution >= 0.6 is 0 Å². The maximum Gasteiger partial charge on any atom is 0.331 e. The zero-order chi connectivity index (χ0) is 26.3. The fourth-order valence-electron chi connectivity index (χ4n) is 4.89. The van der Waals surface area contributed by atoms with Crippen LogP contribution in [0, 0.1) is 11.6 Å². The molecule has 2 aromatic carbocycles. The van der Waals surface area contributed by atoms with Crippen molar-refractivity contribution >= 4 is 17.6 Å². The van der Waals surface area contributed by atoms with Gasteiger partial charge in [0.05, 0.1) is 5.56 Å². The fourth-order valence-corrected chi connectivity index (χ4v) is 4.89. The van der Waals surface area contributed by atoms with Crippen molar-refractivity contribution in [3.63, 3.8) is 0 Å². The van der Waals surface area contributed by atoms with Crippen LogP contribution in [0.25, 0.3) is 11.1 Å². The predicted octanol–water partition coefficient (Wildman–Crippen LogP) is 2.53. The van der Waals surface area contributed by atoms with E-state index in [2.05, 4.69) is 5.32 Å². The summed E-state index contributed by atoms with van der Waals surface area (Å²) in [5.74, 6) is -2.50. The number of carbonyl (C=O) groups excluding carboxylic acids is 2. The Bertz CT molecular complexity index is 1510. The Hall–Kier alpha value is -4.28. The van der Waals surface area contributed by atoms with Crippen molar-refractivity contribution in [2.45, 2.75) is 32.0 Å². The number of nitrogens with zero attached hydrogens (tertiary/aromatic N) is 4. The minimum absolute atomic E-state index is 0.0242. The van der Waals surface area contributed by atoms with Crippen molar-refractivity contribution in [1.29, 1.82) is 0 Å². The van der Waals surface area contributed by atoms with Crippen molar-refractivity contribution in [2.24, 2.45) is 7.05 Å². The quantitative estimate of drug-likeness (QED) is 0.585. The van der Waals surface area contributed by atoms with Crippen LogP contribution in [0.3, 0.4) is 0 Å². The number of fused-ring (bicyclic) bond motifs is 1. The van der Waals surface area contributed by atoms with Gasteiger partial charge in [0, 0.05) is 44.6 Å². The molecule has 9 nitrogen and oxygen atoms in total. The van der Waals surface area contributed by atoms with Crippen LogP contribution in [0.15, 0.2) is 58.3 Å². The number of halogens is 2. The van der Waals surface area contributed by atoms with E-state index < -0.39 is 22.9 Å². The normalized spacial score (nSPS) is 15.9. The number of benzene rings is 2. The lowest BCUT2D eigenvalue weighted by Crippen LogP contribution is -2.51. The van der Waals surface area contributed by atoms with Gasteiger partial charge < -0.3 is 15.1 Å². The Labute approximate surface area is 210 Å². The number of nitrogens with one attached hydrogen (secondary N) is 1. The van der Waals surface area contributed by atoms with Crippen LogP contribution in [0.1, 0.15) is 18.4 Å². The van der Waals surface area contributed by atoms with Crippen LogP contribution in [0.5, 0.6) is 0 Å². The van der Waals surface area contributed by atoms with Crippen molar-refractivity contribution < 1.29 is 18.4 Å². The van der Waals surface area contributed by atoms with E-state index >= 15 is 0 Å². The van der Waals surface area contributed by atoms with Crippen molar-refractivity contribution in [2.75, 3.05) is 18.4 Å². The van der Waals surface area contributed by atoms with Gasteiger partial charge in [-0.25, -0.2) is 18.4 Å². The third-order valence-corrected chi connectivity index (χ3v) is 7.01. The molecule has 5 rings (SSSR count). The molecule has 3 amide bonds. The predicted molar refractivity (Wildman–Crippen MR) is 132 cm³/mol. The Morgan fingerprint density at radius 1 is 1.03 bits per heavy atom. The number of likely N-dealkylation sites (tertiary alicyclic amines) is 1. The van der Waals surface area contributed by atoms with Gasteiger partial charge in [-0.3, -0.25) is 18.7 Å². The molecule has 2 aliphatic rings. The lowest BCUT2D eigenvalue weighted by molar-refractivity contribution is -0.133. The molecular weight excluding hydrogens is 484 g/mol. The third kappa shape index (κ3) is 4.64. The van der Waals surface area contributed by atoms with Crippen LogP contribution in [-0.2, 0) is 24.9 Å². The largest absolute Gasteiger partial charge is 0.341 e. The Balaban J connectivity index is 1.29. The standard InChI is InChI=1S/C26H25F2N5O4/c1-30-24(35)19(16-6-7-20(27)21(28)12-16)14-32(26(30)37)15-23(34)31-10-8-18(9-11-31)33-13-17-4-2-3-5-22(17)29-25(33)36/h2-7,12,14,18H,8-11,13,15H2,1H3,(H,29,36). The molecule has 1 aromatic heterocycles. The first-order valence-corrected chi connectivity index (χ1v) is 11.9. The lowest BCUT2D eigenvalue weighted by Gasteiger charge is -2.40. The maximum atomic E-state index is 13.8. The SMILES string of the molecule is Cn1c(=O)c(-c2ccc(F)c(F)c2)cn(CC(=O)N2CCC(N3Cc4ccccc4NC3=O)CC2)c1=O. The fraction of sp³-hybridized carbons (Fsp3) is 0.308. The summed E-state index contributed by atoms with van der Waals surface area (Å²) in [5, 5.41) is 2.91. The topological polar surface area (TPSA) is 96.7 Å². The first kappa shape index (κ1) is 24.4. The summed E-state index contributed by atoms with van der Waals surface area (Å²) in [6.45, 7) is 1.00. The molecule has 3 aromatic rings. The molecular formula is C26H25F2N5O4. The Morgan fingerprint density at radius 3 is 2.49 bits per heavy atom. The van der Waals surface area contributed by atoms with Gasteiger partial charge in [0.1, 0.15) is 6.54 Å². The molecule has 1 N–H and O–H groups in total. The maximum absolute atomic E-state index is 13.8. The number of anilines is 1. The minimum Gasteiger partial charge on any atom is -0.341 e. The second-order valence-corrected chi connectivity index (χ2v) is 9.27. The summed E-state index contributed by atoms with van der Waals surface area (Å²) in [7, 11) is 1.27. The number of carbonyl (C=O) groups is 2. The number of piperidine rings is 1. The molecule has 0 aliphatic carbocycles. The smallest absolute Gasteiger partial charge is 0.331 e. The van der Waals surface area contributed by atoms with Crippen LogP contribution < -0.4 is 16.6 Å². The highest BCUT2D eigenvalue weighted by molar-refractivity contribution is 5.92. The summed E-state index contributed by atoms with van der Waals surface area (Å²) >= 11 is 0. The van der Waals surface area contributed by atoms with E-state index in [0.29, 0.717) is 32.5 Å². The van der Waals surface area contributed by atoms with Gasteiger partial charge in [-0.05, 0) is 42.2 Å². The number of urea groups is 1. The van der Waals surface area contributed by atoms with E-state index in [0.717, 1.165) is 32.5 Å². The van der Waals surface area contributed by atoms with E-state index in [1.807, 2.05) is 24.3 Å². The summed E-state index contributed by atoms with van der Waals surface area (Å²) in [4.78, 5) is 54.4. The van der Waals surface area contributed by atoms with Crippen molar-refractivity contribution in [1.82, 2.24) is 18.9 Å². The molecule has 0 atom stereocenters. The van der Waals surface area contributed by atoms with Gasteiger partial charge >= 0.3 is 11.7 Å². The highest BCUT2D eigenvalue weighted by Crippen LogP contribution is 2.27. The molecule has 3 heterocycles. The average Bonchev–Trinajstić information content (AvgIpc) is 2.90. The molecule has 11 heteroatoms. The van der Waals surface area contributed by atoms with Gasteiger partial charge in [0.15, 0.2) is 11.6 Å². The van der Waals surface area contributed by atoms with Gasteiger partial charge in [-0.1, -0.05) is 24.3 Å². The van der Waals surface area contributed by atoms with E-state index in [1.165, 1.54) is 19.3 Å². The van der Waals surface area contributed by atoms with Crippen LogP contribution in [0.2, 0.25) is 0 Å². The summed E-state index contributed by atoms with van der Waals surface area (Å²) in [6.07, 6.45) is 2.38. The Kier molecular flexibility index (Phi) is 6.36. The number of hydrogen-bond acceptors (Lipinski definition) is 4. The number of amides is 3. The van der Waals surface area contributed by atoms with Crippen molar-refractivity contribution in [3.05, 3.63) is 86.7 Å². The average molecular weight is 510 g/mol. The first-order valence-electron chi connectivity index (χ1n) is 11.9. The van der Waals surface area contributed by atoms with Gasteiger partial charge in [0.2, 0.25) is 5.91 Å². The number of para-hydroxylation sites is 1. The first-order chi connectivity index (χ1) is 17.7. The molecule has 2 aliphatic heterocycles. The second-order valence-electron chi connectivity index (χ2n) is 9.27. The summed E-state index contributed by atoms with van der Waals surface area (Å²) in [5.41, 5.74) is 0.547. The molecule has 0 radical (unpaired) electrons. The van der Waals surface area contributed by atoms with E-state index in [-0.39, 0.29) is 35.7 Å². The highest BCUT2D eigenvalue weighted by atomic mass is 19.2. The molecule has 0 unspecified atom stereocenters. The monoisotopic (exact) mass is 509 g/mol. The third-order valence-electron chi connectivity index (χ3n) is 7.01. The molecule has 192 valence electrons. The van der Waals surface area contributed by atoms with E-state index in [1.54, 1.807) is 9.80 Å². The van der Waals surface area contributed by atoms with Crippen LogP contribution in [-0.4, -0.2) is 50.0 Å². The zero-order valence-electron chi connectivity index (χ0n) is 20.1. The molecule has 37 heavy (non-hydrogen) atoms. The Morgan fingerprint density at radius 2 is 1.76 bits per heavy atom. The second kappa shape index (κ2) is 9.64. The molecule has 1 saturated heterocycles. The van der Waals surface area contributed by atoms with Gasteiger partial charge in [0.25, 0.3) is 5.56 Å². The minimum atomic E-state index is -1.12.